The van der Waals surface area contributed by atoms with Crippen molar-refractivity contribution in [2.75, 3.05) is 0 Å². The van der Waals surface area contributed by atoms with Crippen molar-refractivity contribution in [2.45, 2.75) is 26.3 Å². The van der Waals surface area contributed by atoms with Gasteiger partial charge in [0.05, 0.1) is 11.4 Å². The summed E-state index contributed by atoms with van der Waals surface area (Å²) in [6, 6.07) is 14.7. The Morgan fingerprint density at radius 2 is 1.90 bits per heavy atom. The zero-order valence-electron chi connectivity index (χ0n) is 11.7. The van der Waals surface area contributed by atoms with Crippen LogP contribution >= 0.6 is 0 Å². The maximum Gasteiger partial charge on any atom is 0.137 e. The molecular formula is C17H19N3. The van der Waals surface area contributed by atoms with Gasteiger partial charge >= 0.3 is 0 Å². The van der Waals surface area contributed by atoms with Crippen molar-refractivity contribution in [3.8, 4) is 0 Å². The van der Waals surface area contributed by atoms with Gasteiger partial charge in [-0.3, -0.25) is 0 Å². The molecule has 1 aromatic carbocycles. The van der Waals surface area contributed by atoms with Crippen LogP contribution in [-0.4, -0.2) is 9.38 Å². The van der Waals surface area contributed by atoms with Crippen LogP contribution in [0.15, 0.2) is 48.7 Å². The van der Waals surface area contributed by atoms with Gasteiger partial charge in [-0.25, -0.2) is 4.98 Å². The van der Waals surface area contributed by atoms with Crippen LogP contribution in [0.5, 0.6) is 0 Å². The van der Waals surface area contributed by atoms with Crippen molar-refractivity contribution in [2.24, 2.45) is 5.73 Å². The van der Waals surface area contributed by atoms with Crippen molar-refractivity contribution in [1.82, 2.24) is 9.38 Å². The molecule has 3 nitrogen and oxygen atoms in total. The van der Waals surface area contributed by atoms with E-state index in [4.69, 9.17) is 10.7 Å². The number of rotatable bonds is 4. The first-order valence-corrected chi connectivity index (χ1v) is 6.98. The van der Waals surface area contributed by atoms with Gasteiger partial charge in [-0.2, -0.15) is 0 Å². The van der Waals surface area contributed by atoms with Crippen molar-refractivity contribution in [3.63, 3.8) is 0 Å². The van der Waals surface area contributed by atoms with Crippen LogP contribution in [0.4, 0.5) is 0 Å². The molecule has 0 aliphatic rings. The van der Waals surface area contributed by atoms with Crippen LogP contribution in [0.25, 0.3) is 5.65 Å². The number of hydrogen-bond donors (Lipinski definition) is 1. The number of benzene rings is 1. The van der Waals surface area contributed by atoms with Gasteiger partial charge in [0.25, 0.3) is 0 Å². The summed E-state index contributed by atoms with van der Waals surface area (Å²) in [6.45, 7) is 2.61. The van der Waals surface area contributed by atoms with Crippen LogP contribution in [0, 0.1) is 6.92 Å². The van der Waals surface area contributed by atoms with E-state index in [1.165, 1.54) is 11.1 Å². The number of nitrogens with zero attached hydrogens (tertiary/aromatic N) is 2. The summed E-state index contributed by atoms with van der Waals surface area (Å²) in [5.74, 6) is 0. The van der Waals surface area contributed by atoms with Gasteiger partial charge in [-0.1, -0.05) is 30.3 Å². The van der Waals surface area contributed by atoms with E-state index in [0.29, 0.717) is 6.54 Å². The Morgan fingerprint density at radius 1 is 1.10 bits per heavy atom. The first kappa shape index (κ1) is 12.9. The van der Waals surface area contributed by atoms with Crippen LogP contribution in [0.2, 0.25) is 0 Å². The molecule has 0 aliphatic carbocycles. The largest absolute Gasteiger partial charge is 0.325 e. The van der Waals surface area contributed by atoms with Crippen molar-refractivity contribution < 1.29 is 0 Å². The Kier molecular flexibility index (Phi) is 3.52. The number of fused-ring (bicyclic) bond motifs is 1. The minimum absolute atomic E-state index is 0.522. The predicted octanol–water partition coefficient (Wildman–Crippen LogP) is 2.89. The van der Waals surface area contributed by atoms with E-state index < -0.39 is 0 Å². The topological polar surface area (TPSA) is 43.3 Å². The molecule has 3 heteroatoms. The number of aryl methyl sites for hydroxylation is 3. The highest BCUT2D eigenvalue weighted by molar-refractivity contribution is 5.45. The van der Waals surface area contributed by atoms with E-state index in [-0.39, 0.29) is 0 Å². The van der Waals surface area contributed by atoms with Gasteiger partial charge in [0.1, 0.15) is 5.65 Å². The molecule has 0 fully saturated rings. The molecule has 0 spiro atoms. The molecule has 0 saturated heterocycles. The Hall–Kier alpha value is -2.13. The zero-order valence-corrected chi connectivity index (χ0v) is 11.7. The number of imidazole rings is 1. The van der Waals surface area contributed by atoms with Crippen LogP contribution in [-0.2, 0) is 19.4 Å². The van der Waals surface area contributed by atoms with E-state index in [0.717, 1.165) is 29.9 Å². The fourth-order valence-electron chi connectivity index (χ4n) is 2.57. The van der Waals surface area contributed by atoms with Crippen LogP contribution < -0.4 is 5.73 Å². The lowest BCUT2D eigenvalue weighted by Crippen LogP contribution is -2.05. The summed E-state index contributed by atoms with van der Waals surface area (Å²) >= 11 is 0. The molecule has 0 bridgehead atoms. The highest BCUT2D eigenvalue weighted by Crippen LogP contribution is 2.16. The Balaban J connectivity index is 1.91. The monoisotopic (exact) mass is 265 g/mol. The van der Waals surface area contributed by atoms with E-state index in [2.05, 4.69) is 53.9 Å². The SMILES string of the molecule is Cc1ccn2c(CN)c(CCc3ccccc3)nc2c1. The van der Waals surface area contributed by atoms with Crippen molar-refractivity contribution >= 4 is 5.65 Å². The van der Waals surface area contributed by atoms with E-state index in [1.807, 2.05) is 6.07 Å². The molecule has 0 atom stereocenters. The highest BCUT2D eigenvalue weighted by Gasteiger charge is 2.10. The molecule has 0 radical (unpaired) electrons. The Labute approximate surface area is 119 Å². The first-order valence-electron chi connectivity index (χ1n) is 6.98. The molecule has 0 amide bonds. The van der Waals surface area contributed by atoms with E-state index >= 15 is 0 Å². The molecule has 2 aromatic heterocycles. The van der Waals surface area contributed by atoms with Gasteiger partial charge in [0.2, 0.25) is 0 Å². The number of aromatic nitrogens is 2. The molecule has 3 aromatic rings. The summed E-state index contributed by atoms with van der Waals surface area (Å²) in [6.07, 6.45) is 3.99. The average molecular weight is 265 g/mol. The summed E-state index contributed by atoms with van der Waals surface area (Å²) in [7, 11) is 0. The summed E-state index contributed by atoms with van der Waals surface area (Å²) < 4.78 is 2.10. The van der Waals surface area contributed by atoms with Crippen LogP contribution in [0.3, 0.4) is 0 Å². The number of hydrogen-bond acceptors (Lipinski definition) is 2. The third-order valence-corrected chi connectivity index (χ3v) is 3.65. The number of nitrogens with two attached hydrogens (primary N) is 1. The fraction of sp³-hybridized carbons (Fsp3) is 0.235. The summed E-state index contributed by atoms with van der Waals surface area (Å²) in [4.78, 5) is 4.74. The molecule has 0 unspecified atom stereocenters. The lowest BCUT2D eigenvalue weighted by Gasteiger charge is -2.03. The van der Waals surface area contributed by atoms with Crippen molar-refractivity contribution in [3.05, 3.63) is 71.2 Å². The quantitative estimate of drug-likeness (QED) is 0.788. The lowest BCUT2D eigenvalue weighted by molar-refractivity contribution is 0.870. The van der Waals surface area contributed by atoms with E-state index in [9.17, 15) is 0 Å². The van der Waals surface area contributed by atoms with Gasteiger partial charge in [0, 0.05) is 12.7 Å². The molecular weight excluding hydrogens is 246 g/mol. The second kappa shape index (κ2) is 5.47. The Morgan fingerprint density at radius 3 is 2.65 bits per heavy atom. The minimum Gasteiger partial charge on any atom is -0.325 e. The van der Waals surface area contributed by atoms with Gasteiger partial charge in [-0.05, 0) is 43.0 Å². The van der Waals surface area contributed by atoms with E-state index in [1.54, 1.807) is 0 Å². The normalized spacial score (nSPS) is 11.1. The zero-order chi connectivity index (χ0) is 13.9. The third kappa shape index (κ3) is 2.45. The molecule has 0 saturated carbocycles. The maximum absolute atomic E-state index is 5.91. The summed E-state index contributed by atoms with van der Waals surface area (Å²) in [5.41, 5.74) is 11.7. The van der Waals surface area contributed by atoms with Crippen molar-refractivity contribution in [1.29, 1.82) is 0 Å². The summed E-state index contributed by atoms with van der Waals surface area (Å²) in [5, 5.41) is 0. The predicted molar refractivity (Wildman–Crippen MR) is 81.7 cm³/mol. The molecule has 2 N–H and O–H groups in total. The fourth-order valence-corrected chi connectivity index (χ4v) is 2.57. The number of pyridine rings is 1. The minimum atomic E-state index is 0.522. The standard InChI is InChI=1S/C17H19N3/c1-13-9-10-20-16(12-18)15(19-17(20)11-13)8-7-14-5-3-2-4-6-14/h2-6,9-11H,7-8,12,18H2,1H3. The van der Waals surface area contributed by atoms with Gasteiger partial charge in [0.15, 0.2) is 0 Å². The van der Waals surface area contributed by atoms with Gasteiger partial charge < -0.3 is 10.1 Å². The molecule has 3 rings (SSSR count). The maximum atomic E-state index is 5.91. The smallest absolute Gasteiger partial charge is 0.137 e. The first-order chi connectivity index (χ1) is 9.78. The second-order valence-electron chi connectivity index (χ2n) is 5.13. The lowest BCUT2D eigenvalue weighted by atomic mass is 10.1. The van der Waals surface area contributed by atoms with Crippen LogP contribution in [0.1, 0.15) is 22.5 Å². The second-order valence-corrected chi connectivity index (χ2v) is 5.13. The van der Waals surface area contributed by atoms with Gasteiger partial charge in [-0.15, -0.1) is 0 Å². The highest BCUT2D eigenvalue weighted by atomic mass is 15.0. The molecule has 0 aliphatic heterocycles. The third-order valence-electron chi connectivity index (χ3n) is 3.65. The average Bonchev–Trinajstić information content (AvgIpc) is 2.82. The molecule has 2 heterocycles. The molecule has 20 heavy (non-hydrogen) atoms. The molecule has 102 valence electrons. The Bertz CT molecular complexity index is 714.